The van der Waals surface area contributed by atoms with E-state index in [0.29, 0.717) is 59.8 Å². The van der Waals surface area contributed by atoms with E-state index in [1.807, 2.05) is 35.2 Å². The van der Waals surface area contributed by atoms with Crippen molar-refractivity contribution in [1.29, 1.82) is 10.5 Å². The Morgan fingerprint density at radius 1 is 1.16 bits per heavy atom. The van der Waals surface area contributed by atoms with Crippen molar-refractivity contribution in [2.45, 2.75) is 39.2 Å². The Labute approximate surface area is 225 Å². The van der Waals surface area contributed by atoms with Gasteiger partial charge in [-0.25, -0.2) is 0 Å². The number of carbonyl (C=O) groups excluding carboxylic acids is 1. The third-order valence-electron chi connectivity index (χ3n) is 6.81. The van der Waals surface area contributed by atoms with E-state index in [1.54, 1.807) is 19.2 Å². The molecule has 2 N–H and O–H groups in total. The second-order valence-electron chi connectivity index (χ2n) is 10.0. The van der Waals surface area contributed by atoms with Gasteiger partial charge in [0, 0.05) is 46.9 Å². The number of ketones is 1. The van der Waals surface area contributed by atoms with Crippen LogP contribution in [0.5, 0.6) is 5.75 Å². The highest BCUT2D eigenvalue weighted by Gasteiger charge is 2.45. The summed E-state index contributed by atoms with van der Waals surface area (Å²) in [6.07, 6.45) is 1.02. The van der Waals surface area contributed by atoms with Crippen LogP contribution < -0.4 is 10.5 Å². The number of halogens is 1. The third-order valence-corrected chi connectivity index (χ3v) is 7.30. The molecule has 0 saturated carbocycles. The number of ether oxygens (including phenoxy) is 2. The molecule has 37 heavy (non-hydrogen) atoms. The minimum absolute atomic E-state index is 0.000307. The van der Waals surface area contributed by atoms with Crippen LogP contribution in [0.2, 0.25) is 0 Å². The van der Waals surface area contributed by atoms with Crippen molar-refractivity contribution in [1.82, 2.24) is 4.90 Å². The molecule has 1 atom stereocenters. The molecule has 1 aliphatic carbocycles. The van der Waals surface area contributed by atoms with Gasteiger partial charge in [0.15, 0.2) is 5.78 Å². The van der Waals surface area contributed by atoms with E-state index in [0.717, 1.165) is 15.7 Å². The van der Waals surface area contributed by atoms with E-state index in [2.05, 4.69) is 41.9 Å². The average Bonchev–Trinajstić information content (AvgIpc) is 2.86. The smallest absolute Gasteiger partial charge is 0.162 e. The second kappa shape index (κ2) is 10.8. The lowest BCUT2D eigenvalue weighted by Gasteiger charge is -2.44. The van der Waals surface area contributed by atoms with Crippen LogP contribution in [0, 0.1) is 28.1 Å². The predicted molar refractivity (Wildman–Crippen MR) is 143 cm³/mol. The summed E-state index contributed by atoms with van der Waals surface area (Å²) < 4.78 is 12.3. The number of methoxy groups -OCH3 is 1. The highest BCUT2D eigenvalue weighted by atomic mass is 79.9. The summed E-state index contributed by atoms with van der Waals surface area (Å²) in [6, 6.07) is 17.3. The lowest BCUT2D eigenvalue weighted by molar-refractivity contribution is -0.118. The van der Waals surface area contributed by atoms with Crippen molar-refractivity contribution in [3.8, 4) is 17.9 Å². The van der Waals surface area contributed by atoms with Crippen LogP contribution >= 0.6 is 15.9 Å². The molecule has 4 rings (SSSR count). The van der Waals surface area contributed by atoms with Crippen molar-refractivity contribution in [3.05, 3.63) is 86.3 Å². The number of nitrogens with two attached hydrogens (primary N) is 1. The number of nitriles is 2. The fourth-order valence-corrected chi connectivity index (χ4v) is 5.49. The van der Waals surface area contributed by atoms with E-state index in [1.165, 1.54) is 0 Å². The molecule has 0 radical (unpaired) electrons. The summed E-state index contributed by atoms with van der Waals surface area (Å²) >= 11 is 3.55. The Hall–Kier alpha value is -3.59. The molecular formula is C29H29BrN4O3. The van der Waals surface area contributed by atoms with E-state index in [9.17, 15) is 15.3 Å². The molecule has 2 aromatic carbocycles. The maximum Gasteiger partial charge on any atom is 0.162 e. The van der Waals surface area contributed by atoms with Crippen molar-refractivity contribution in [2.24, 2.45) is 11.1 Å². The highest BCUT2D eigenvalue weighted by molar-refractivity contribution is 9.10. The number of allylic oxidation sites excluding steroid dienone is 3. The van der Waals surface area contributed by atoms with Gasteiger partial charge in [0.05, 0.1) is 35.8 Å². The van der Waals surface area contributed by atoms with Gasteiger partial charge >= 0.3 is 0 Å². The van der Waals surface area contributed by atoms with E-state index >= 15 is 0 Å². The second-order valence-corrected chi connectivity index (χ2v) is 10.9. The van der Waals surface area contributed by atoms with Crippen LogP contribution in [0.3, 0.4) is 0 Å². The van der Waals surface area contributed by atoms with Gasteiger partial charge in [-0.1, -0.05) is 48.0 Å². The summed E-state index contributed by atoms with van der Waals surface area (Å²) in [4.78, 5) is 15.6. The summed E-state index contributed by atoms with van der Waals surface area (Å²) in [5.41, 5.74) is 10.1. The Bertz CT molecular complexity index is 1380. The Balaban J connectivity index is 1.85. The van der Waals surface area contributed by atoms with E-state index < -0.39 is 5.92 Å². The van der Waals surface area contributed by atoms with Crippen molar-refractivity contribution in [3.63, 3.8) is 0 Å². The SMILES string of the molecule is COCCN1C(N)=C(C#N)[C@@H](c2cc(Br)ccc2OCc2ccccc2C#N)C2=C1CC(C)(C)CC2=O. The summed E-state index contributed by atoms with van der Waals surface area (Å²) in [7, 11) is 1.61. The van der Waals surface area contributed by atoms with Gasteiger partial charge < -0.3 is 20.1 Å². The van der Waals surface area contributed by atoms with Crippen LogP contribution in [-0.4, -0.2) is 30.9 Å². The van der Waals surface area contributed by atoms with Crippen LogP contribution in [-0.2, 0) is 16.1 Å². The van der Waals surface area contributed by atoms with Crippen LogP contribution in [0.25, 0.3) is 0 Å². The number of hydrogen-bond donors (Lipinski definition) is 1. The van der Waals surface area contributed by atoms with Gasteiger partial charge in [0.2, 0.25) is 0 Å². The summed E-state index contributed by atoms with van der Waals surface area (Å²) in [5.74, 6) is 0.187. The molecule has 0 aromatic heterocycles. The number of nitrogens with zero attached hydrogens (tertiary/aromatic N) is 3. The van der Waals surface area contributed by atoms with Gasteiger partial charge in [-0.2, -0.15) is 10.5 Å². The lowest BCUT2D eigenvalue weighted by atomic mass is 9.68. The molecule has 7 nitrogen and oxygen atoms in total. The van der Waals surface area contributed by atoms with E-state index in [4.69, 9.17) is 15.2 Å². The first-order chi connectivity index (χ1) is 17.7. The largest absolute Gasteiger partial charge is 0.489 e. The van der Waals surface area contributed by atoms with Gasteiger partial charge in [-0.3, -0.25) is 4.79 Å². The zero-order valence-corrected chi connectivity index (χ0v) is 22.8. The highest BCUT2D eigenvalue weighted by Crippen LogP contribution is 2.50. The molecule has 0 bridgehead atoms. The summed E-state index contributed by atoms with van der Waals surface area (Å²) in [6.45, 7) is 5.14. The van der Waals surface area contributed by atoms with Crippen molar-refractivity contribution in [2.75, 3.05) is 20.3 Å². The van der Waals surface area contributed by atoms with Gasteiger partial charge in [0.1, 0.15) is 18.2 Å². The Morgan fingerprint density at radius 2 is 1.92 bits per heavy atom. The molecule has 0 unspecified atom stereocenters. The monoisotopic (exact) mass is 560 g/mol. The number of carbonyl (C=O) groups is 1. The quantitative estimate of drug-likeness (QED) is 0.489. The molecule has 2 aliphatic rings. The molecule has 0 fully saturated rings. The third kappa shape index (κ3) is 5.27. The molecule has 1 heterocycles. The fourth-order valence-electron chi connectivity index (χ4n) is 5.11. The molecule has 2 aromatic rings. The number of rotatable bonds is 7. The Kier molecular flexibility index (Phi) is 7.73. The molecular weight excluding hydrogens is 532 g/mol. The molecule has 8 heteroatoms. The first kappa shape index (κ1) is 26.5. The standard InChI is InChI=1S/C29H29BrN4O3/c1-29(2)13-23-27(24(35)14-29)26(22(16-32)28(33)34(23)10-11-36-3)21-12-20(30)8-9-25(21)37-17-19-7-5-4-6-18(19)15-31/h4-9,12,26H,10-11,13-14,17,33H2,1-3H3/t26-/m1/s1. The molecule has 190 valence electrons. The molecule has 0 spiro atoms. The minimum atomic E-state index is -0.666. The molecule has 0 saturated heterocycles. The Morgan fingerprint density at radius 3 is 2.62 bits per heavy atom. The van der Waals surface area contributed by atoms with Crippen LogP contribution in [0.1, 0.15) is 49.3 Å². The van der Waals surface area contributed by atoms with Gasteiger partial charge in [-0.15, -0.1) is 0 Å². The lowest BCUT2D eigenvalue weighted by Crippen LogP contribution is -2.43. The predicted octanol–water partition coefficient (Wildman–Crippen LogP) is 5.28. The number of hydrogen-bond acceptors (Lipinski definition) is 7. The topological polar surface area (TPSA) is 112 Å². The maximum absolute atomic E-state index is 13.7. The van der Waals surface area contributed by atoms with Crippen LogP contribution in [0.15, 0.2) is 69.6 Å². The first-order valence-corrected chi connectivity index (χ1v) is 12.8. The summed E-state index contributed by atoms with van der Waals surface area (Å²) in [5, 5.41) is 19.8. The van der Waals surface area contributed by atoms with E-state index in [-0.39, 0.29) is 17.8 Å². The van der Waals surface area contributed by atoms with Crippen molar-refractivity contribution >= 4 is 21.7 Å². The van der Waals surface area contributed by atoms with Gasteiger partial charge in [-0.05, 0) is 36.1 Å². The zero-order chi connectivity index (χ0) is 26.7. The number of Topliss-reactive ketones (excluding diaryl/α,β-unsaturated/α-hetero) is 1. The average molecular weight is 561 g/mol. The van der Waals surface area contributed by atoms with Crippen molar-refractivity contribution < 1.29 is 14.3 Å². The molecule has 1 aliphatic heterocycles. The number of benzene rings is 2. The zero-order valence-electron chi connectivity index (χ0n) is 21.2. The normalized spacial score (nSPS) is 18.8. The fraction of sp³-hybridized carbons (Fsp3) is 0.345. The minimum Gasteiger partial charge on any atom is -0.489 e. The van der Waals surface area contributed by atoms with Crippen LogP contribution in [0.4, 0.5) is 0 Å². The first-order valence-electron chi connectivity index (χ1n) is 12.0. The van der Waals surface area contributed by atoms with Gasteiger partial charge in [0.25, 0.3) is 0 Å². The maximum atomic E-state index is 13.7. The molecule has 0 amide bonds.